The van der Waals surface area contributed by atoms with Gasteiger partial charge in [-0.25, -0.2) is 8.42 Å². The van der Waals surface area contributed by atoms with Gasteiger partial charge in [-0.3, -0.25) is 4.79 Å². The molecular formula is C21H25NO4S. The number of hydrogen-bond donors (Lipinski definition) is 1. The highest BCUT2D eigenvalue weighted by Crippen LogP contribution is 2.29. The van der Waals surface area contributed by atoms with Crippen LogP contribution in [0.1, 0.15) is 36.1 Å². The van der Waals surface area contributed by atoms with Crippen LogP contribution in [0.2, 0.25) is 0 Å². The van der Waals surface area contributed by atoms with Crippen LogP contribution in [-0.2, 0) is 25.8 Å². The van der Waals surface area contributed by atoms with Crippen molar-refractivity contribution in [2.45, 2.75) is 43.7 Å². The van der Waals surface area contributed by atoms with Crippen LogP contribution in [0, 0.1) is 6.92 Å². The summed E-state index contributed by atoms with van der Waals surface area (Å²) in [4.78, 5) is 12.7. The summed E-state index contributed by atoms with van der Waals surface area (Å²) in [6.45, 7) is 4.20. The molecule has 0 radical (unpaired) electrons. The molecule has 27 heavy (non-hydrogen) atoms. The van der Waals surface area contributed by atoms with Crippen molar-refractivity contribution in [2.24, 2.45) is 0 Å². The van der Waals surface area contributed by atoms with Crippen molar-refractivity contribution in [3.63, 3.8) is 0 Å². The average molecular weight is 388 g/mol. The van der Waals surface area contributed by atoms with Crippen LogP contribution in [0.5, 0.6) is 0 Å². The lowest BCUT2D eigenvalue weighted by Gasteiger charge is -2.26. The zero-order valence-electron chi connectivity index (χ0n) is 15.6. The quantitative estimate of drug-likeness (QED) is 0.827. The fraction of sp³-hybridized carbons (Fsp3) is 0.381. The van der Waals surface area contributed by atoms with Crippen LogP contribution in [-0.4, -0.2) is 32.7 Å². The number of carbonyl (C=O) groups is 1. The Bertz CT molecular complexity index is 906. The summed E-state index contributed by atoms with van der Waals surface area (Å²) < 4.78 is 30.8. The van der Waals surface area contributed by atoms with Gasteiger partial charge in [0.1, 0.15) is 0 Å². The van der Waals surface area contributed by atoms with Crippen molar-refractivity contribution in [1.29, 1.82) is 0 Å². The molecule has 2 atom stereocenters. The van der Waals surface area contributed by atoms with Crippen molar-refractivity contribution in [1.82, 2.24) is 5.32 Å². The predicted molar refractivity (Wildman–Crippen MR) is 104 cm³/mol. The van der Waals surface area contributed by atoms with E-state index in [9.17, 15) is 13.2 Å². The van der Waals surface area contributed by atoms with E-state index in [1.54, 1.807) is 31.2 Å². The highest BCUT2D eigenvalue weighted by molar-refractivity contribution is 7.91. The first-order valence-corrected chi connectivity index (χ1v) is 10.8. The van der Waals surface area contributed by atoms with Crippen molar-refractivity contribution >= 4 is 15.7 Å². The number of hydrogen-bond acceptors (Lipinski definition) is 4. The Balaban J connectivity index is 1.59. The summed E-state index contributed by atoms with van der Waals surface area (Å²) in [6, 6.07) is 14.2. The molecule has 1 aliphatic heterocycles. The Labute approximate surface area is 160 Å². The number of nitrogens with one attached hydrogen (secondary N) is 1. The monoisotopic (exact) mass is 387 g/mol. The van der Waals surface area contributed by atoms with Crippen LogP contribution < -0.4 is 5.32 Å². The van der Waals surface area contributed by atoms with E-state index in [1.165, 1.54) is 5.56 Å². The largest absolute Gasteiger partial charge is 0.373 e. The average Bonchev–Trinajstić information content (AvgIpc) is 2.61. The smallest absolute Gasteiger partial charge is 0.223 e. The Morgan fingerprint density at radius 3 is 2.63 bits per heavy atom. The fourth-order valence-electron chi connectivity index (χ4n) is 3.36. The van der Waals surface area contributed by atoms with E-state index >= 15 is 0 Å². The van der Waals surface area contributed by atoms with Gasteiger partial charge in [-0.2, -0.15) is 0 Å². The summed E-state index contributed by atoms with van der Waals surface area (Å²) in [6.07, 6.45) is 0.752. The molecule has 0 fully saturated rings. The third kappa shape index (κ3) is 4.96. The van der Waals surface area contributed by atoms with Gasteiger partial charge in [0.05, 0.1) is 29.8 Å². The first kappa shape index (κ1) is 19.6. The number of carbonyl (C=O) groups excluding carboxylic acids is 1. The molecule has 1 N–H and O–H groups in total. The topological polar surface area (TPSA) is 72.5 Å². The maximum atomic E-state index is 12.5. The molecule has 144 valence electrons. The zero-order valence-corrected chi connectivity index (χ0v) is 16.5. The van der Waals surface area contributed by atoms with Gasteiger partial charge in [-0.05, 0) is 43.5 Å². The summed E-state index contributed by atoms with van der Waals surface area (Å²) in [5, 5.41) is 2.80. The molecule has 2 aromatic carbocycles. The number of amides is 1. The third-order valence-electron chi connectivity index (χ3n) is 4.72. The predicted octanol–water partition coefficient (Wildman–Crippen LogP) is 2.98. The fourth-order valence-corrected chi connectivity index (χ4v) is 4.85. The molecule has 5 nitrogen and oxygen atoms in total. The second kappa shape index (κ2) is 8.23. The molecule has 1 amide bonds. The van der Waals surface area contributed by atoms with E-state index in [0.29, 0.717) is 6.61 Å². The number of sulfone groups is 1. The van der Waals surface area contributed by atoms with E-state index in [0.717, 1.165) is 17.5 Å². The highest BCUT2D eigenvalue weighted by Gasteiger charge is 2.25. The molecule has 3 rings (SSSR count). The van der Waals surface area contributed by atoms with E-state index in [-0.39, 0.29) is 29.1 Å². The van der Waals surface area contributed by atoms with E-state index in [2.05, 4.69) is 11.4 Å². The lowest BCUT2D eigenvalue weighted by molar-refractivity contribution is -0.124. The van der Waals surface area contributed by atoms with E-state index < -0.39 is 15.9 Å². The molecule has 0 saturated heterocycles. The minimum absolute atomic E-state index is 0.135. The van der Waals surface area contributed by atoms with Gasteiger partial charge in [0.2, 0.25) is 5.91 Å². The summed E-state index contributed by atoms with van der Waals surface area (Å²) in [5.74, 6) is -0.340. The first-order chi connectivity index (χ1) is 12.8. The van der Waals surface area contributed by atoms with Gasteiger partial charge in [0.15, 0.2) is 9.84 Å². The lowest BCUT2D eigenvalue weighted by atomic mass is 9.95. The number of benzene rings is 2. The van der Waals surface area contributed by atoms with E-state index in [4.69, 9.17) is 4.74 Å². The maximum absolute atomic E-state index is 12.5. The second-order valence-electron chi connectivity index (χ2n) is 7.08. The molecule has 0 saturated carbocycles. The van der Waals surface area contributed by atoms with Crippen molar-refractivity contribution in [3.8, 4) is 0 Å². The lowest BCUT2D eigenvalue weighted by Crippen LogP contribution is -2.38. The summed E-state index contributed by atoms with van der Waals surface area (Å²) >= 11 is 0. The van der Waals surface area contributed by atoms with Gasteiger partial charge in [0, 0.05) is 6.04 Å². The van der Waals surface area contributed by atoms with Crippen LogP contribution in [0.3, 0.4) is 0 Å². The Kier molecular flexibility index (Phi) is 5.97. The van der Waals surface area contributed by atoms with Gasteiger partial charge >= 0.3 is 0 Å². The Morgan fingerprint density at radius 2 is 1.89 bits per heavy atom. The molecule has 2 aromatic rings. The minimum Gasteiger partial charge on any atom is -0.373 e. The molecule has 1 heterocycles. The van der Waals surface area contributed by atoms with Crippen molar-refractivity contribution in [2.75, 3.05) is 12.4 Å². The zero-order chi connectivity index (χ0) is 19.4. The minimum atomic E-state index is -3.45. The van der Waals surface area contributed by atoms with Gasteiger partial charge in [-0.1, -0.05) is 42.0 Å². The number of fused-ring (bicyclic) bond motifs is 1. The number of aryl methyl sites for hydroxylation is 1. The molecule has 6 heteroatoms. The molecular weight excluding hydrogens is 362 g/mol. The van der Waals surface area contributed by atoms with Crippen LogP contribution >= 0.6 is 0 Å². The standard InChI is InChI=1S/C21H25NO4S/c1-15-7-9-18(10-8-15)27(24,25)14-16(2)22-21(23)13-20-19-6-4-3-5-17(19)11-12-26-20/h3-10,16,20H,11-14H2,1-2H3,(H,22,23). The second-order valence-corrected chi connectivity index (χ2v) is 9.11. The van der Waals surface area contributed by atoms with Crippen molar-refractivity contribution < 1.29 is 17.9 Å². The molecule has 2 unspecified atom stereocenters. The first-order valence-electron chi connectivity index (χ1n) is 9.13. The number of ether oxygens (including phenoxy) is 1. The third-order valence-corrected chi connectivity index (χ3v) is 6.65. The van der Waals surface area contributed by atoms with Gasteiger partial charge in [0.25, 0.3) is 0 Å². The van der Waals surface area contributed by atoms with Crippen LogP contribution in [0.25, 0.3) is 0 Å². The molecule has 1 aliphatic rings. The molecule has 0 aromatic heterocycles. The molecule has 0 aliphatic carbocycles. The summed E-state index contributed by atoms with van der Waals surface area (Å²) in [7, 11) is -3.45. The molecule has 0 spiro atoms. The Morgan fingerprint density at radius 1 is 1.19 bits per heavy atom. The van der Waals surface area contributed by atoms with E-state index in [1.807, 2.05) is 25.1 Å². The number of rotatable bonds is 6. The van der Waals surface area contributed by atoms with Crippen LogP contribution in [0.15, 0.2) is 53.4 Å². The SMILES string of the molecule is Cc1ccc(S(=O)(=O)CC(C)NC(=O)CC2OCCc3ccccc32)cc1. The van der Waals surface area contributed by atoms with Gasteiger partial charge < -0.3 is 10.1 Å². The normalized spacial score (nSPS) is 17.8. The van der Waals surface area contributed by atoms with Crippen molar-refractivity contribution in [3.05, 3.63) is 65.2 Å². The van der Waals surface area contributed by atoms with Crippen LogP contribution in [0.4, 0.5) is 0 Å². The van der Waals surface area contributed by atoms with Gasteiger partial charge in [-0.15, -0.1) is 0 Å². The Hall–Kier alpha value is -2.18. The molecule has 0 bridgehead atoms. The maximum Gasteiger partial charge on any atom is 0.223 e. The summed E-state index contributed by atoms with van der Waals surface area (Å²) in [5.41, 5.74) is 3.25. The highest BCUT2D eigenvalue weighted by atomic mass is 32.2.